The van der Waals surface area contributed by atoms with Gasteiger partial charge in [0.25, 0.3) is 0 Å². The molecule has 0 bridgehead atoms. The Bertz CT molecular complexity index is 8.00. The van der Waals surface area contributed by atoms with Crippen LogP contribution in [0.4, 0.5) is 0 Å². The van der Waals surface area contributed by atoms with Crippen molar-refractivity contribution in [1.29, 1.82) is 0 Å². The summed E-state index contributed by atoms with van der Waals surface area (Å²) < 4.78 is 16.4. The summed E-state index contributed by atoms with van der Waals surface area (Å²) in [6, 6.07) is 0. The monoisotopic (exact) mass is 298 g/mol. The average Bonchev–Trinajstić information content (AvgIpc) is 1.50. The number of rotatable bonds is 0. The molecule has 0 aliphatic rings. The van der Waals surface area contributed by atoms with Crippen LogP contribution in [-0.2, 0) is 22.6 Å². The van der Waals surface area contributed by atoms with Crippen LogP contribution in [0.1, 0.15) is 0 Å². The fourth-order valence-electron chi connectivity index (χ4n) is 0. The van der Waals surface area contributed by atoms with Crippen molar-refractivity contribution in [3.05, 3.63) is 0 Å². The van der Waals surface area contributed by atoms with Gasteiger partial charge in [0.15, 0.2) is 0 Å². The van der Waals surface area contributed by atoms with E-state index in [0.29, 0.717) is 0 Å². The molecule has 0 amide bonds. The third-order valence-electron chi connectivity index (χ3n) is 0. The molecule has 0 aliphatic carbocycles. The van der Waals surface area contributed by atoms with Gasteiger partial charge in [0, 0.05) is 0 Å². The van der Waals surface area contributed by atoms with Gasteiger partial charge in [-0.1, -0.05) is 0 Å². The summed E-state index contributed by atoms with van der Waals surface area (Å²) in [4.78, 5) is 0. The predicted molar refractivity (Wildman–Crippen MR) is 8.52 cm³/mol. The van der Waals surface area contributed by atoms with Gasteiger partial charge < -0.3 is 0 Å². The Kier molecular flexibility index (Phi) is 79.8. The SMILES string of the molecule is [O]=[BiH].[O]=[Fe]. The van der Waals surface area contributed by atoms with Gasteiger partial charge in [-0.3, -0.25) is 0 Å². The van der Waals surface area contributed by atoms with Crippen LogP contribution in [-0.4, -0.2) is 24.7 Å². The van der Waals surface area contributed by atoms with Crippen LogP contribution < -0.4 is 0 Å². The van der Waals surface area contributed by atoms with Crippen LogP contribution in [0, 0.1) is 0 Å². The van der Waals surface area contributed by atoms with Gasteiger partial charge in [0.2, 0.25) is 0 Å². The topological polar surface area (TPSA) is 34.1 Å². The average molecular weight is 298 g/mol. The Morgan fingerprint density at radius 2 is 1.25 bits per heavy atom. The molecular weight excluding hydrogens is 297 g/mol. The van der Waals surface area contributed by atoms with Gasteiger partial charge in [-0.05, 0) is 0 Å². The van der Waals surface area contributed by atoms with Crippen LogP contribution in [0.25, 0.3) is 0 Å². The Morgan fingerprint density at radius 3 is 1.25 bits per heavy atom. The molecule has 0 aromatic carbocycles. The standard InChI is InChI=1S/Bi.Fe.2O.H. The van der Waals surface area contributed by atoms with Crippen LogP contribution in [0.15, 0.2) is 0 Å². The van der Waals surface area contributed by atoms with E-state index in [4.69, 9.17) is 6.65 Å². The van der Waals surface area contributed by atoms with Gasteiger partial charge >= 0.3 is 47.3 Å². The molecule has 0 atom stereocenters. The van der Waals surface area contributed by atoms with Gasteiger partial charge in [-0.15, -0.1) is 0 Å². The molecule has 2 nitrogen and oxygen atoms in total. The van der Waals surface area contributed by atoms with Crippen molar-refractivity contribution < 1.29 is 22.6 Å². The summed E-state index contributed by atoms with van der Waals surface area (Å²) in [7, 11) is 0. The summed E-state index contributed by atoms with van der Waals surface area (Å²) in [6.45, 7) is 0. The summed E-state index contributed by atoms with van der Waals surface area (Å²) in [5.74, 6) is 0. The van der Waals surface area contributed by atoms with Crippen molar-refractivity contribution in [2.75, 3.05) is 0 Å². The molecule has 0 radical (unpaired) electrons. The molecular formula is HBiFeO2. The number of hydrogen-bond acceptors (Lipinski definition) is 2. The van der Waals surface area contributed by atoms with Gasteiger partial charge in [0.1, 0.15) is 0 Å². The van der Waals surface area contributed by atoms with Crippen molar-refractivity contribution in [2.24, 2.45) is 0 Å². The second kappa shape index (κ2) is 35.9. The van der Waals surface area contributed by atoms with Crippen molar-refractivity contribution in [1.82, 2.24) is 0 Å². The molecule has 0 aromatic rings. The second-order valence-electron chi connectivity index (χ2n) is 0. The normalized spacial score (nSPS) is 2.25. The number of hydrogen-bond donors (Lipinski definition) is 0. The van der Waals surface area contributed by atoms with Gasteiger partial charge in [0.05, 0.1) is 0 Å². The Balaban J connectivity index is 0. The molecule has 0 N–H and O–H groups in total. The zero-order valence-electron chi connectivity index (χ0n) is 1.67. The third-order valence-corrected chi connectivity index (χ3v) is 0. The van der Waals surface area contributed by atoms with Crippen LogP contribution in [0.5, 0.6) is 0 Å². The molecule has 0 unspecified atom stereocenters. The van der Waals surface area contributed by atoms with Gasteiger partial charge in [-0.2, -0.15) is 0 Å². The van der Waals surface area contributed by atoms with E-state index in [9.17, 15) is 0 Å². The molecule has 0 saturated carbocycles. The van der Waals surface area contributed by atoms with Gasteiger partial charge in [-0.25, -0.2) is 0 Å². The molecule has 0 fully saturated rings. The van der Waals surface area contributed by atoms with E-state index in [1.807, 2.05) is 15.9 Å². The Labute approximate surface area is 47.3 Å². The van der Waals surface area contributed by atoms with Crippen molar-refractivity contribution in [3.8, 4) is 0 Å². The minimum atomic E-state index is 0.0556. The third kappa shape index (κ3) is 12.0. The summed E-state index contributed by atoms with van der Waals surface area (Å²) in [6.07, 6.45) is 0. The molecule has 0 spiro atoms. The molecule has 4 heavy (non-hydrogen) atoms. The Morgan fingerprint density at radius 1 is 1.25 bits per heavy atom. The van der Waals surface area contributed by atoms with Crippen molar-refractivity contribution in [3.63, 3.8) is 0 Å². The molecule has 0 saturated heterocycles. The first-order chi connectivity index (χ1) is 2.00. The van der Waals surface area contributed by atoms with E-state index in [2.05, 4.69) is 0 Å². The van der Waals surface area contributed by atoms with E-state index in [1.54, 1.807) is 0 Å². The fourth-order valence-corrected chi connectivity index (χ4v) is 0. The fraction of sp³-hybridized carbons (Fsp3) is 0. The van der Waals surface area contributed by atoms with Crippen molar-refractivity contribution >= 4 is 24.7 Å². The molecule has 0 rings (SSSR count). The zero-order valence-corrected chi connectivity index (χ0v) is 6.66. The predicted octanol–water partition coefficient (Wildman–Crippen LogP) is -0.889. The van der Waals surface area contributed by atoms with Crippen LogP contribution in [0.3, 0.4) is 0 Å². The van der Waals surface area contributed by atoms with Crippen LogP contribution in [0.2, 0.25) is 0 Å². The van der Waals surface area contributed by atoms with E-state index in [1.165, 1.54) is 0 Å². The first kappa shape index (κ1) is 8.89. The van der Waals surface area contributed by atoms with E-state index < -0.39 is 0 Å². The minimum absolute atomic E-state index is 0.0556. The summed E-state index contributed by atoms with van der Waals surface area (Å²) >= 11 is 2.06. The zero-order chi connectivity index (χ0) is 4.00. The Hall–Kier alpha value is 1.00. The second-order valence-corrected chi connectivity index (χ2v) is 0. The molecule has 0 aliphatic heterocycles. The molecule has 0 aromatic heterocycles. The summed E-state index contributed by atoms with van der Waals surface area (Å²) in [5, 5.41) is 0. The quantitative estimate of drug-likeness (QED) is 0.544. The first-order valence-electron chi connectivity index (χ1n) is 0.348. The summed E-state index contributed by atoms with van der Waals surface area (Å²) in [5.41, 5.74) is 0. The van der Waals surface area contributed by atoms with E-state index in [0.717, 1.165) is 0 Å². The van der Waals surface area contributed by atoms with Crippen molar-refractivity contribution in [2.45, 2.75) is 0 Å². The van der Waals surface area contributed by atoms with E-state index >= 15 is 0 Å². The molecule has 0 heterocycles. The molecule has 4 heteroatoms. The maximum absolute atomic E-state index is 8.39. The maximum atomic E-state index is 8.39. The van der Waals surface area contributed by atoms with Crippen LogP contribution >= 0.6 is 0 Å². The first-order valence-corrected chi connectivity index (χ1v) is 2.39. The molecule has 26 valence electrons. The van der Waals surface area contributed by atoms with E-state index in [-0.39, 0.29) is 24.7 Å².